The van der Waals surface area contributed by atoms with Gasteiger partial charge in [-0.05, 0) is 19.3 Å². The Hall–Kier alpha value is -1.08. The molecule has 0 spiro atoms. The van der Waals surface area contributed by atoms with Gasteiger partial charge in [0.25, 0.3) is 0 Å². The second-order valence-electron chi connectivity index (χ2n) is 4.34. The van der Waals surface area contributed by atoms with Crippen LogP contribution >= 0.6 is 0 Å². The molecule has 0 bridgehead atoms. The van der Waals surface area contributed by atoms with E-state index < -0.39 is 5.41 Å². The lowest BCUT2D eigenvalue weighted by Crippen LogP contribution is -2.41. The molecule has 1 saturated heterocycles. The molecule has 1 rings (SSSR count). The van der Waals surface area contributed by atoms with Gasteiger partial charge in [0.15, 0.2) is 0 Å². The monoisotopic (exact) mass is 224 g/mol. The number of rotatable bonds is 5. The van der Waals surface area contributed by atoms with Gasteiger partial charge in [-0.3, -0.25) is 4.79 Å². The summed E-state index contributed by atoms with van der Waals surface area (Å²) in [5, 5.41) is 12.0. The maximum absolute atomic E-state index is 11.9. The highest BCUT2D eigenvalue weighted by molar-refractivity contribution is 5.85. The largest absolute Gasteiger partial charge is 0.381 e. The summed E-state index contributed by atoms with van der Waals surface area (Å²) in [6.45, 7) is 5.89. The molecule has 1 amide bonds. The normalized spacial score (nSPS) is 20.4. The van der Waals surface area contributed by atoms with Crippen molar-refractivity contribution >= 4 is 5.91 Å². The van der Waals surface area contributed by atoms with Crippen molar-refractivity contribution in [2.75, 3.05) is 19.8 Å². The average Bonchev–Trinajstić information content (AvgIpc) is 2.82. The van der Waals surface area contributed by atoms with Gasteiger partial charge in [-0.25, -0.2) is 0 Å². The number of nitrogens with one attached hydrogen (secondary N) is 1. The summed E-state index contributed by atoms with van der Waals surface area (Å²) in [4.78, 5) is 11.9. The molecule has 1 unspecified atom stereocenters. The van der Waals surface area contributed by atoms with E-state index in [2.05, 4.69) is 11.4 Å². The van der Waals surface area contributed by atoms with Crippen LogP contribution in [0.3, 0.4) is 0 Å². The van der Waals surface area contributed by atoms with Crippen LogP contribution in [-0.2, 0) is 9.53 Å². The summed E-state index contributed by atoms with van der Waals surface area (Å²) < 4.78 is 5.24. The summed E-state index contributed by atoms with van der Waals surface area (Å²) in [5.74, 6) is 0.279. The third-order valence-electron chi connectivity index (χ3n) is 3.43. The van der Waals surface area contributed by atoms with Crippen LogP contribution in [0.15, 0.2) is 0 Å². The molecule has 1 heterocycles. The van der Waals surface area contributed by atoms with Crippen LogP contribution in [0.5, 0.6) is 0 Å². The van der Waals surface area contributed by atoms with E-state index in [1.807, 2.05) is 13.8 Å². The minimum absolute atomic E-state index is 0.132. The first-order chi connectivity index (χ1) is 7.68. The van der Waals surface area contributed by atoms with Gasteiger partial charge in [0, 0.05) is 19.1 Å². The van der Waals surface area contributed by atoms with Gasteiger partial charge < -0.3 is 10.1 Å². The number of hydrogen-bond donors (Lipinski definition) is 1. The highest BCUT2D eigenvalue weighted by atomic mass is 16.5. The molecular formula is C12H20N2O2. The van der Waals surface area contributed by atoms with Crippen molar-refractivity contribution in [2.24, 2.45) is 11.3 Å². The van der Waals surface area contributed by atoms with Crippen LogP contribution in [0.1, 0.15) is 33.1 Å². The number of carbonyl (C=O) groups excluding carboxylic acids is 1. The third kappa shape index (κ3) is 2.73. The highest BCUT2D eigenvalue weighted by Gasteiger charge is 2.35. The second kappa shape index (κ2) is 5.86. The SMILES string of the molecule is CCC(C#N)(CC)C(=O)NCC1CCOC1. The smallest absolute Gasteiger partial charge is 0.240 e. The Morgan fingerprint density at radius 2 is 2.25 bits per heavy atom. The molecule has 1 aliphatic rings. The van der Waals surface area contributed by atoms with Gasteiger partial charge >= 0.3 is 0 Å². The van der Waals surface area contributed by atoms with Gasteiger partial charge in [-0.2, -0.15) is 5.26 Å². The molecule has 0 radical (unpaired) electrons. The first-order valence-corrected chi connectivity index (χ1v) is 5.95. The third-order valence-corrected chi connectivity index (χ3v) is 3.43. The standard InChI is InChI=1S/C12H20N2O2/c1-3-12(4-2,9-13)11(15)14-7-10-5-6-16-8-10/h10H,3-8H2,1-2H3,(H,14,15). The lowest BCUT2D eigenvalue weighted by Gasteiger charge is -2.23. The molecule has 1 atom stereocenters. The summed E-state index contributed by atoms with van der Waals surface area (Å²) in [6, 6.07) is 2.15. The maximum atomic E-state index is 11.9. The van der Waals surface area contributed by atoms with E-state index in [-0.39, 0.29) is 5.91 Å². The van der Waals surface area contributed by atoms with E-state index in [1.165, 1.54) is 0 Å². The predicted octanol–water partition coefficient (Wildman–Crippen LogP) is 1.47. The minimum atomic E-state index is -0.848. The van der Waals surface area contributed by atoms with Gasteiger partial charge in [0.05, 0.1) is 12.7 Å². The molecule has 16 heavy (non-hydrogen) atoms. The van der Waals surface area contributed by atoms with Crippen molar-refractivity contribution in [3.05, 3.63) is 0 Å². The first kappa shape index (κ1) is 13.0. The number of amides is 1. The Kier molecular flexibility index (Phi) is 4.75. The zero-order valence-electron chi connectivity index (χ0n) is 10.1. The number of ether oxygens (including phenoxy) is 1. The van der Waals surface area contributed by atoms with E-state index in [0.29, 0.717) is 25.3 Å². The van der Waals surface area contributed by atoms with E-state index >= 15 is 0 Å². The fourth-order valence-electron chi connectivity index (χ4n) is 1.93. The fraction of sp³-hybridized carbons (Fsp3) is 0.833. The number of nitrogens with zero attached hydrogens (tertiary/aromatic N) is 1. The van der Waals surface area contributed by atoms with E-state index in [4.69, 9.17) is 10.00 Å². The Balaban J connectivity index is 2.46. The second-order valence-corrected chi connectivity index (χ2v) is 4.34. The summed E-state index contributed by atoms with van der Waals surface area (Å²) in [6.07, 6.45) is 2.12. The lowest BCUT2D eigenvalue weighted by molar-refractivity contribution is -0.128. The topological polar surface area (TPSA) is 62.1 Å². The van der Waals surface area contributed by atoms with Crippen LogP contribution in [0.4, 0.5) is 0 Å². The van der Waals surface area contributed by atoms with Gasteiger partial charge in [-0.1, -0.05) is 13.8 Å². The zero-order chi connectivity index (χ0) is 12.0. The first-order valence-electron chi connectivity index (χ1n) is 5.95. The van der Waals surface area contributed by atoms with Crippen molar-refractivity contribution in [1.82, 2.24) is 5.32 Å². The van der Waals surface area contributed by atoms with Crippen molar-refractivity contribution in [3.8, 4) is 6.07 Å². The van der Waals surface area contributed by atoms with Crippen molar-refractivity contribution < 1.29 is 9.53 Å². The Morgan fingerprint density at radius 1 is 1.56 bits per heavy atom. The van der Waals surface area contributed by atoms with Gasteiger partial charge in [-0.15, -0.1) is 0 Å². The minimum Gasteiger partial charge on any atom is -0.381 e. The summed E-state index contributed by atoms with van der Waals surface area (Å²) >= 11 is 0. The Labute approximate surface area is 97.0 Å². The number of hydrogen-bond acceptors (Lipinski definition) is 3. The average molecular weight is 224 g/mol. The molecule has 0 aromatic heterocycles. The number of carbonyl (C=O) groups is 1. The molecule has 0 aliphatic carbocycles. The molecule has 4 nitrogen and oxygen atoms in total. The molecule has 1 N–H and O–H groups in total. The van der Waals surface area contributed by atoms with Gasteiger partial charge in [0.2, 0.25) is 5.91 Å². The van der Waals surface area contributed by atoms with Crippen molar-refractivity contribution in [3.63, 3.8) is 0 Å². The quantitative estimate of drug-likeness (QED) is 0.769. The lowest BCUT2D eigenvalue weighted by atomic mass is 9.83. The van der Waals surface area contributed by atoms with Crippen LogP contribution in [0, 0.1) is 22.7 Å². The molecule has 1 fully saturated rings. The highest BCUT2D eigenvalue weighted by Crippen LogP contribution is 2.25. The molecule has 0 saturated carbocycles. The molecule has 4 heteroatoms. The van der Waals surface area contributed by atoms with E-state index in [0.717, 1.165) is 19.6 Å². The van der Waals surface area contributed by atoms with Crippen LogP contribution < -0.4 is 5.32 Å². The van der Waals surface area contributed by atoms with Crippen molar-refractivity contribution in [2.45, 2.75) is 33.1 Å². The fourth-order valence-corrected chi connectivity index (χ4v) is 1.93. The molecule has 1 aliphatic heterocycles. The van der Waals surface area contributed by atoms with Crippen LogP contribution in [0.2, 0.25) is 0 Å². The predicted molar refractivity (Wildman–Crippen MR) is 60.6 cm³/mol. The number of nitriles is 1. The summed E-state index contributed by atoms with van der Waals surface area (Å²) in [5.41, 5.74) is -0.848. The summed E-state index contributed by atoms with van der Waals surface area (Å²) in [7, 11) is 0. The van der Waals surface area contributed by atoms with E-state index in [1.54, 1.807) is 0 Å². The zero-order valence-corrected chi connectivity index (χ0v) is 10.1. The van der Waals surface area contributed by atoms with Crippen molar-refractivity contribution in [1.29, 1.82) is 5.26 Å². The maximum Gasteiger partial charge on any atom is 0.240 e. The van der Waals surface area contributed by atoms with Crippen LogP contribution in [-0.4, -0.2) is 25.7 Å². The van der Waals surface area contributed by atoms with Gasteiger partial charge in [0.1, 0.15) is 5.41 Å². The van der Waals surface area contributed by atoms with Crippen LogP contribution in [0.25, 0.3) is 0 Å². The van der Waals surface area contributed by atoms with E-state index in [9.17, 15) is 4.79 Å². The molecule has 0 aromatic rings. The Morgan fingerprint density at radius 3 is 2.69 bits per heavy atom. The molecular weight excluding hydrogens is 204 g/mol. The molecule has 90 valence electrons. The molecule has 0 aromatic carbocycles. The Bertz CT molecular complexity index is 273.